The molecule has 2 aromatic rings. The summed E-state index contributed by atoms with van der Waals surface area (Å²) in [5.41, 5.74) is 9.51. The number of benzene rings is 2. The molecule has 1 amide bonds. The van der Waals surface area contributed by atoms with Gasteiger partial charge in [0.15, 0.2) is 11.5 Å². The molecule has 1 aliphatic rings. The highest BCUT2D eigenvalue weighted by Crippen LogP contribution is 2.37. The average molecular weight is 336 g/mol. The zero-order valence-electron chi connectivity index (χ0n) is 14.8. The highest BCUT2D eigenvalue weighted by molar-refractivity contribution is 6.10. The lowest BCUT2D eigenvalue weighted by Gasteiger charge is -2.30. The fourth-order valence-electron chi connectivity index (χ4n) is 2.87. The maximum Gasteiger partial charge on any atom is 0.294 e. The Labute approximate surface area is 148 Å². The maximum absolute atomic E-state index is 12.9. The van der Waals surface area contributed by atoms with E-state index in [1.165, 1.54) is 5.56 Å². The summed E-state index contributed by atoms with van der Waals surface area (Å²) < 4.78 is 5.89. The summed E-state index contributed by atoms with van der Waals surface area (Å²) in [6, 6.07) is 13.6. The Bertz CT molecular complexity index is 794. The van der Waals surface area contributed by atoms with Crippen molar-refractivity contribution in [3.63, 3.8) is 0 Å². The number of ether oxygens (including phenoxy) is 1. The number of carbonyl (C=O) groups is 1. The van der Waals surface area contributed by atoms with E-state index in [-0.39, 0.29) is 5.91 Å². The number of carbonyl (C=O) groups excluding carboxylic acids is 1. The minimum atomic E-state index is -0.106. The number of fused-ring (bicyclic) bond motifs is 1. The number of anilines is 2. The summed E-state index contributed by atoms with van der Waals surface area (Å²) >= 11 is 0. The summed E-state index contributed by atoms with van der Waals surface area (Å²) in [7, 11) is 0. The van der Waals surface area contributed by atoms with E-state index in [0.717, 1.165) is 30.5 Å². The van der Waals surface area contributed by atoms with Crippen LogP contribution in [0.4, 0.5) is 11.4 Å². The lowest BCUT2D eigenvalue weighted by molar-refractivity contribution is -0.117. The van der Waals surface area contributed by atoms with Gasteiger partial charge in [-0.3, -0.25) is 4.79 Å². The van der Waals surface area contributed by atoms with Gasteiger partial charge < -0.3 is 15.4 Å². The van der Waals surface area contributed by atoms with Crippen molar-refractivity contribution in [1.82, 2.24) is 0 Å². The standard InChI is InChI=1S/C21H24N2O2/c1-3-5-12-23-18-11-10-17(22)14-19(18)25-20(21(23)24)13-16-8-6-15(4-2)7-9-16/h6-11,13-14H,3-5,12,22H2,1-2H3/b20-13+. The van der Waals surface area contributed by atoms with Crippen LogP contribution < -0.4 is 15.4 Å². The Balaban J connectivity index is 1.97. The molecule has 0 saturated carbocycles. The molecule has 2 N–H and O–H groups in total. The lowest BCUT2D eigenvalue weighted by atomic mass is 10.1. The van der Waals surface area contributed by atoms with Gasteiger partial charge in [-0.2, -0.15) is 0 Å². The second-order valence-electron chi connectivity index (χ2n) is 6.24. The number of nitrogen functional groups attached to an aromatic ring is 1. The van der Waals surface area contributed by atoms with E-state index in [4.69, 9.17) is 10.5 Å². The van der Waals surface area contributed by atoms with Crippen LogP contribution >= 0.6 is 0 Å². The smallest absolute Gasteiger partial charge is 0.294 e. The average Bonchev–Trinajstić information content (AvgIpc) is 2.62. The van der Waals surface area contributed by atoms with Crippen molar-refractivity contribution in [2.24, 2.45) is 0 Å². The van der Waals surface area contributed by atoms with Crippen molar-refractivity contribution in [2.45, 2.75) is 33.1 Å². The summed E-state index contributed by atoms with van der Waals surface area (Å²) in [6.07, 6.45) is 4.75. The molecular weight excluding hydrogens is 312 g/mol. The van der Waals surface area contributed by atoms with Gasteiger partial charge in [0, 0.05) is 18.3 Å². The number of nitrogens with two attached hydrogens (primary N) is 1. The molecule has 4 heteroatoms. The van der Waals surface area contributed by atoms with Crippen LogP contribution in [-0.4, -0.2) is 12.5 Å². The molecule has 0 fully saturated rings. The Kier molecular flexibility index (Phi) is 5.08. The van der Waals surface area contributed by atoms with Crippen LogP contribution in [0.15, 0.2) is 48.2 Å². The van der Waals surface area contributed by atoms with Gasteiger partial charge in [0.1, 0.15) is 0 Å². The zero-order chi connectivity index (χ0) is 17.8. The second kappa shape index (κ2) is 7.43. The molecule has 0 aromatic heterocycles. The summed E-state index contributed by atoms with van der Waals surface area (Å²) in [5.74, 6) is 0.857. The van der Waals surface area contributed by atoms with E-state index in [0.29, 0.717) is 23.7 Å². The fraction of sp³-hybridized carbons (Fsp3) is 0.286. The second-order valence-corrected chi connectivity index (χ2v) is 6.24. The molecule has 1 aliphatic heterocycles. The van der Waals surface area contributed by atoms with E-state index < -0.39 is 0 Å². The largest absolute Gasteiger partial charge is 0.449 e. The maximum atomic E-state index is 12.9. The van der Waals surface area contributed by atoms with Crippen LogP contribution in [0.1, 0.15) is 37.8 Å². The van der Waals surface area contributed by atoms with Crippen molar-refractivity contribution < 1.29 is 9.53 Å². The summed E-state index contributed by atoms with van der Waals surface area (Å²) in [6.45, 7) is 4.90. The number of hydrogen-bond acceptors (Lipinski definition) is 3. The number of nitrogens with zero attached hydrogens (tertiary/aromatic N) is 1. The number of rotatable bonds is 5. The fourth-order valence-corrected chi connectivity index (χ4v) is 2.87. The monoisotopic (exact) mass is 336 g/mol. The van der Waals surface area contributed by atoms with Crippen LogP contribution in [0, 0.1) is 0 Å². The first-order valence-electron chi connectivity index (χ1n) is 8.82. The van der Waals surface area contributed by atoms with E-state index in [1.54, 1.807) is 23.1 Å². The number of aryl methyl sites for hydroxylation is 1. The Hall–Kier alpha value is -2.75. The van der Waals surface area contributed by atoms with E-state index in [2.05, 4.69) is 26.0 Å². The Morgan fingerprint density at radius 1 is 1.12 bits per heavy atom. The Morgan fingerprint density at radius 2 is 1.88 bits per heavy atom. The number of hydrogen-bond donors (Lipinski definition) is 1. The third-order valence-electron chi connectivity index (χ3n) is 4.37. The molecule has 1 heterocycles. The minimum Gasteiger partial charge on any atom is -0.449 e. The predicted octanol–water partition coefficient (Wildman–Crippen LogP) is 4.40. The molecule has 2 aromatic carbocycles. The third-order valence-corrected chi connectivity index (χ3v) is 4.37. The molecule has 25 heavy (non-hydrogen) atoms. The van der Waals surface area contributed by atoms with Crippen molar-refractivity contribution in [1.29, 1.82) is 0 Å². The highest BCUT2D eigenvalue weighted by atomic mass is 16.5. The highest BCUT2D eigenvalue weighted by Gasteiger charge is 2.29. The molecule has 4 nitrogen and oxygen atoms in total. The molecular formula is C21H24N2O2. The molecule has 0 atom stereocenters. The van der Waals surface area contributed by atoms with Crippen LogP contribution in [-0.2, 0) is 11.2 Å². The number of amides is 1. The zero-order valence-corrected chi connectivity index (χ0v) is 14.8. The van der Waals surface area contributed by atoms with Gasteiger partial charge in [0.25, 0.3) is 5.91 Å². The topological polar surface area (TPSA) is 55.6 Å². The van der Waals surface area contributed by atoms with Crippen molar-refractivity contribution >= 4 is 23.4 Å². The van der Waals surface area contributed by atoms with Gasteiger partial charge in [-0.1, -0.05) is 44.5 Å². The molecule has 130 valence electrons. The quantitative estimate of drug-likeness (QED) is 0.650. The first-order chi connectivity index (χ1) is 12.1. The van der Waals surface area contributed by atoms with Gasteiger partial charge in [-0.25, -0.2) is 0 Å². The Morgan fingerprint density at radius 3 is 2.56 bits per heavy atom. The first kappa shape index (κ1) is 17.1. The predicted molar refractivity (Wildman–Crippen MR) is 103 cm³/mol. The van der Waals surface area contributed by atoms with E-state index in [1.807, 2.05) is 18.2 Å². The lowest BCUT2D eigenvalue weighted by Crippen LogP contribution is -2.38. The number of unbranched alkanes of at least 4 members (excludes halogenated alkanes) is 1. The van der Waals surface area contributed by atoms with E-state index in [9.17, 15) is 4.79 Å². The molecule has 0 unspecified atom stereocenters. The van der Waals surface area contributed by atoms with E-state index >= 15 is 0 Å². The molecule has 0 bridgehead atoms. The molecule has 0 spiro atoms. The molecule has 3 rings (SSSR count). The van der Waals surface area contributed by atoms with Crippen molar-refractivity contribution in [2.75, 3.05) is 17.2 Å². The molecule has 0 radical (unpaired) electrons. The SMILES string of the molecule is CCCCN1C(=O)/C(=C\c2ccc(CC)cc2)Oc2cc(N)ccc21. The summed E-state index contributed by atoms with van der Waals surface area (Å²) in [5, 5.41) is 0. The van der Waals surface area contributed by atoms with Crippen LogP contribution in [0.2, 0.25) is 0 Å². The first-order valence-corrected chi connectivity index (χ1v) is 8.82. The van der Waals surface area contributed by atoms with Gasteiger partial charge in [0.05, 0.1) is 5.69 Å². The van der Waals surface area contributed by atoms with Crippen LogP contribution in [0.3, 0.4) is 0 Å². The molecule has 0 aliphatic carbocycles. The van der Waals surface area contributed by atoms with Gasteiger partial charge in [-0.15, -0.1) is 0 Å². The normalized spacial score (nSPS) is 15.2. The molecule has 0 saturated heterocycles. The summed E-state index contributed by atoms with van der Waals surface area (Å²) in [4.78, 5) is 14.7. The van der Waals surface area contributed by atoms with Crippen LogP contribution in [0.25, 0.3) is 6.08 Å². The van der Waals surface area contributed by atoms with Crippen molar-refractivity contribution in [3.8, 4) is 5.75 Å². The van der Waals surface area contributed by atoms with Gasteiger partial charge >= 0.3 is 0 Å². The van der Waals surface area contributed by atoms with Crippen molar-refractivity contribution in [3.05, 3.63) is 59.4 Å². The minimum absolute atomic E-state index is 0.106. The van der Waals surface area contributed by atoms with Gasteiger partial charge in [-0.05, 0) is 42.2 Å². The van der Waals surface area contributed by atoms with Gasteiger partial charge in [0.2, 0.25) is 0 Å². The van der Waals surface area contributed by atoms with Crippen LogP contribution in [0.5, 0.6) is 5.75 Å². The third kappa shape index (κ3) is 3.68.